The molecule has 1 unspecified atom stereocenters. The SMILES string of the molecule is Cc1ccc(N=S(C)(=O)c2ccc(Br)cc2)cc1. The molecular formula is C14H14BrNOS. The van der Waals surface area contributed by atoms with Crippen molar-refractivity contribution in [1.82, 2.24) is 0 Å². The van der Waals surface area contributed by atoms with Gasteiger partial charge in [0.15, 0.2) is 0 Å². The van der Waals surface area contributed by atoms with Crippen LogP contribution in [0.1, 0.15) is 5.56 Å². The van der Waals surface area contributed by atoms with Gasteiger partial charge in [0.05, 0.1) is 15.4 Å². The number of nitrogens with zero attached hydrogens (tertiary/aromatic N) is 1. The molecule has 0 aliphatic carbocycles. The van der Waals surface area contributed by atoms with Crippen molar-refractivity contribution in [1.29, 1.82) is 0 Å². The maximum absolute atomic E-state index is 12.6. The van der Waals surface area contributed by atoms with Crippen molar-refractivity contribution >= 4 is 31.3 Å². The maximum Gasteiger partial charge on any atom is 0.0771 e. The summed E-state index contributed by atoms with van der Waals surface area (Å²) >= 11 is 3.36. The van der Waals surface area contributed by atoms with Gasteiger partial charge < -0.3 is 0 Å². The highest BCUT2D eigenvalue weighted by Gasteiger charge is 2.05. The van der Waals surface area contributed by atoms with Crippen LogP contribution < -0.4 is 0 Å². The highest BCUT2D eigenvalue weighted by atomic mass is 79.9. The summed E-state index contributed by atoms with van der Waals surface area (Å²) in [6, 6.07) is 15.1. The summed E-state index contributed by atoms with van der Waals surface area (Å²) in [4.78, 5) is 0.742. The lowest BCUT2D eigenvalue weighted by atomic mass is 10.2. The van der Waals surface area contributed by atoms with Gasteiger partial charge in [-0.3, -0.25) is 0 Å². The second-order valence-corrected chi connectivity index (χ2v) is 7.36. The molecule has 2 nitrogen and oxygen atoms in total. The van der Waals surface area contributed by atoms with Crippen LogP contribution in [0.4, 0.5) is 5.69 Å². The summed E-state index contributed by atoms with van der Waals surface area (Å²) in [6.45, 7) is 2.02. The summed E-state index contributed by atoms with van der Waals surface area (Å²) in [5.41, 5.74) is 1.91. The number of halogens is 1. The van der Waals surface area contributed by atoms with Gasteiger partial charge in [-0.1, -0.05) is 33.6 Å². The molecule has 0 radical (unpaired) electrons. The molecule has 0 bridgehead atoms. The van der Waals surface area contributed by atoms with Crippen LogP contribution in [0.5, 0.6) is 0 Å². The summed E-state index contributed by atoms with van der Waals surface area (Å²) in [7, 11) is -2.39. The van der Waals surface area contributed by atoms with E-state index in [9.17, 15) is 4.21 Å². The van der Waals surface area contributed by atoms with Gasteiger partial charge in [0.2, 0.25) is 0 Å². The van der Waals surface area contributed by atoms with Crippen LogP contribution in [0.25, 0.3) is 0 Å². The van der Waals surface area contributed by atoms with E-state index < -0.39 is 9.73 Å². The largest absolute Gasteiger partial charge is 0.245 e. The Bertz CT molecular complexity index is 653. The number of hydrogen-bond donors (Lipinski definition) is 0. The second kappa shape index (κ2) is 5.24. The molecule has 0 aromatic heterocycles. The molecule has 18 heavy (non-hydrogen) atoms. The molecule has 0 saturated carbocycles. The molecule has 0 heterocycles. The van der Waals surface area contributed by atoms with Crippen LogP contribution in [-0.4, -0.2) is 10.5 Å². The van der Waals surface area contributed by atoms with Crippen LogP contribution in [0.2, 0.25) is 0 Å². The average molecular weight is 324 g/mol. The Morgan fingerprint density at radius 1 is 1.00 bits per heavy atom. The van der Waals surface area contributed by atoms with Gasteiger partial charge in [-0.2, -0.15) is 4.36 Å². The van der Waals surface area contributed by atoms with E-state index >= 15 is 0 Å². The van der Waals surface area contributed by atoms with Crippen molar-refractivity contribution in [3.63, 3.8) is 0 Å². The van der Waals surface area contributed by atoms with Crippen LogP contribution in [0.15, 0.2) is 62.3 Å². The first kappa shape index (κ1) is 13.3. The van der Waals surface area contributed by atoms with Crippen molar-refractivity contribution in [2.75, 3.05) is 6.26 Å². The van der Waals surface area contributed by atoms with Gasteiger partial charge >= 0.3 is 0 Å². The van der Waals surface area contributed by atoms with Gasteiger partial charge in [0.25, 0.3) is 0 Å². The lowest BCUT2D eigenvalue weighted by Crippen LogP contribution is -1.96. The van der Waals surface area contributed by atoms with Gasteiger partial charge in [-0.15, -0.1) is 0 Å². The molecular weight excluding hydrogens is 310 g/mol. The third-order valence-corrected chi connectivity index (χ3v) is 4.80. The fraction of sp³-hybridized carbons (Fsp3) is 0.143. The minimum atomic E-state index is -2.39. The van der Waals surface area contributed by atoms with Crippen molar-refractivity contribution in [2.45, 2.75) is 11.8 Å². The molecule has 4 heteroatoms. The molecule has 0 fully saturated rings. The summed E-state index contributed by atoms with van der Waals surface area (Å²) in [5.74, 6) is 0. The van der Waals surface area contributed by atoms with Gasteiger partial charge in [-0.25, -0.2) is 4.21 Å². The Morgan fingerprint density at radius 2 is 1.56 bits per heavy atom. The van der Waals surface area contributed by atoms with E-state index in [1.54, 1.807) is 6.26 Å². The Kier molecular flexibility index (Phi) is 3.88. The molecule has 94 valence electrons. The average Bonchev–Trinajstić information content (AvgIpc) is 2.32. The quantitative estimate of drug-likeness (QED) is 0.797. The number of aryl methyl sites for hydroxylation is 1. The minimum absolute atomic E-state index is 0.742. The predicted octanol–water partition coefficient (Wildman–Crippen LogP) is 4.55. The Labute approximate surface area is 116 Å². The summed E-state index contributed by atoms with van der Waals surface area (Å²) in [5, 5.41) is 0. The van der Waals surface area contributed by atoms with Crippen molar-refractivity contribution in [3.05, 3.63) is 58.6 Å². The van der Waals surface area contributed by atoms with Crippen molar-refractivity contribution < 1.29 is 4.21 Å². The number of benzene rings is 2. The maximum atomic E-state index is 12.6. The molecule has 0 spiro atoms. The normalized spacial score (nSPS) is 13.9. The van der Waals surface area contributed by atoms with Gasteiger partial charge in [0, 0.05) is 15.6 Å². The molecule has 2 aromatic carbocycles. The van der Waals surface area contributed by atoms with E-state index in [0.717, 1.165) is 15.1 Å². The third-order valence-electron chi connectivity index (χ3n) is 2.56. The lowest BCUT2D eigenvalue weighted by molar-refractivity contribution is 0.681. The van der Waals surface area contributed by atoms with E-state index in [4.69, 9.17) is 0 Å². The molecule has 2 rings (SSSR count). The summed E-state index contributed by atoms with van der Waals surface area (Å²) < 4.78 is 17.9. The molecule has 1 atom stereocenters. The zero-order valence-corrected chi connectivity index (χ0v) is 12.7. The standard InChI is InChI=1S/C14H14BrNOS/c1-11-3-7-13(8-4-11)16-18(2,17)14-9-5-12(15)6-10-14/h3-10H,1-2H3. The molecule has 0 N–H and O–H groups in total. The van der Waals surface area contributed by atoms with Gasteiger partial charge in [-0.05, 0) is 43.3 Å². The minimum Gasteiger partial charge on any atom is -0.245 e. The lowest BCUT2D eigenvalue weighted by Gasteiger charge is -2.05. The Hall–Kier alpha value is -1.13. The van der Waals surface area contributed by atoms with E-state index in [-0.39, 0.29) is 0 Å². The zero-order valence-electron chi connectivity index (χ0n) is 10.3. The Balaban J connectivity index is 2.44. The molecule has 0 saturated heterocycles. The van der Waals surface area contributed by atoms with E-state index in [1.807, 2.05) is 55.5 Å². The second-order valence-electron chi connectivity index (χ2n) is 4.18. The first-order valence-electron chi connectivity index (χ1n) is 5.52. The summed E-state index contributed by atoms with van der Waals surface area (Å²) in [6.07, 6.45) is 1.66. The highest BCUT2D eigenvalue weighted by Crippen LogP contribution is 2.21. The molecule has 0 aliphatic rings. The van der Waals surface area contributed by atoms with Crippen molar-refractivity contribution in [3.8, 4) is 0 Å². The smallest absolute Gasteiger partial charge is 0.0771 e. The number of rotatable bonds is 2. The first-order valence-corrected chi connectivity index (χ1v) is 8.23. The molecule has 0 aliphatic heterocycles. The van der Waals surface area contributed by atoms with Crippen LogP contribution in [0, 0.1) is 6.92 Å². The molecule has 0 amide bonds. The van der Waals surface area contributed by atoms with Crippen molar-refractivity contribution in [2.24, 2.45) is 4.36 Å². The van der Waals surface area contributed by atoms with Crippen LogP contribution >= 0.6 is 15.9 Å². The van der Waals surface area contributed by atoms with E-state index in [2.05, 4.69) is 20.3 Å². The van der Waals surface area contributed by atoms with Crippen LogP contribution in [-0.2, 0) is 9.73 Å². The third kappa shape index (κ3) is 3.21. The monoisotopic (exact) mass is 323 g/mol. The van der Waals surface area contributed by atoms with E-state index in [0.29, 0.717) is 0 Å². The molecule has 2 aromatic rings. The Morgan fingerprint density at radius 3 is 2.11 bits per heavy atom. The van der Waals surface area contributed by atoms with E-state index in [1.165, 1.54) is 5.56 Å². The van der Waals surface area contributed by atoms with Gasteiger partial charge in [0.1, 0.15) is 0 Å². The number of hydrogen-bond acceptors (Lipinski definition) is 2. The fourth-order valence-corrected chi connectivity index (χ4v) is 3.08. The van der Waals surface area contributed by atoms with Crippen LogP contribution in [0.3, 0.4) is 0 Å². The highest BCUT2D eigenvalue weighted by molar-refractivity contribution is 9.10. The first-order chi connectivity index (χ1) is 8.47. The topological polar surface area (TPSA) is 29.4 Å². The predicted molar refractivity (Wildman–Crippen MR) is 79.7 cm³/mol. The zero-order chi connectivity index (χ0) is 13.2. The fourth-order valence-electron chi connectivity index (χ4n) is 1.55.